The molecule has 0 aromatic heterocycles. The Bertz CT molecular complexity index is 1310. The number of hydrogen-bond acceptors (Lipinski definition) is 2. The predicted molar refractivity (Wildman–Crippen MR) is 120 cm³/mol. The lowest BCUT2D eigenvalue weighted by molar-refractivity contribution is -0.131. The van der Waals surface area contributed by atoms with Crippen LogP contribution in [0, 0.1) is 5.82 Å². The van der Waals surface area contributed by atoms with Gasteiger partial charge in [0, 0.05) is 11.6 Å². The molecule has 31 heavy (non-hydrogen) atoms. The number of carboxylic acid groups (broad SMARTS) is 1. The molecule has 0 saturated carbocycles. The van der Waals surface area contributed by atoms with Crippen LogP contribution in [0.15, 0.2) is 91.0 Å². The van der Waals surface area contributed by atoms with Crippen molar-refractivity contribution in [2.75, 3.05) is 5.32 Å². The molecule has 1 amide bonds. The molecule has 0 atom stereocenters. The Morgan fingerprint density at radius 1 is 0.839 bits per heavy atom. The van der Waals surface area contributed by atoms with Crippen molar-refractivity contribution in [3.8, 4) is 11.1 Å². The van der Waals surface area contributed by atoms with Gasteiger partial charge in [-0.25, -0.2) is 9.18 Å². The highest BCUT2D eigenvalue weighted by molar-refractivity contribution is 6.14. The molecule has 2 N–H and O–H groups in total. The maximum absolute atomic E-state index is 14.3. The lowest BCUT2D eigenvalue weighted by Crippen LogP contribution is -2.14. The van der Waals surface area contributed by atoms with Gasteiger partial charge >= 0.3 is 5.97 Å². The van der Waals surface area contributed by atoms with Crippen molar-refractivity contribution in [2.24, 2.45) is 0 Å². The number of carboxylic acids is 1. The molecule has 0 bridgehead atoms. The van der Waals surface area contributed by atoms with Gasteiger partial charge in [-0.1, -0.05) is 60.7 Å². The Labute approximate surface area is 178 Å². The first kappa shape index (κ1) is 20.0. The lowest BCUT2D eigenvalue weighted by Gasteiger charge is -2.12. The maximum Gasteiger partial charge on any atom is 0.328 e. The number of fused-ring (bicyclic) bond motifs is 1. The van der Waals surface area contributed by atoms with Crippen LogP contribution in [0.4, 0.5) is 10.1 Å². The number of hydrogen-bond donors (Lipinski definition) is 2. The zero-order chi connectivity index (χ0) is 21.8. The molecule has 0 fully saturated rings. The number of anilines is 1. The number of benzene rings is 4. The van der Waals surface area contributed by atoms with Crippen LogP contribution in [-0.4, -0.2) is 17.0 Å². The van der Waals surface area contributed by atoms with Gasteiger partial charge < -0.3 is 10.4 Å². The van der Waals surface area contributed by atoms with E-state index >= 15 is 0 Å². The molecule has 0 unspecified atom stereocenters. The molecular formula is C26H18FNO3. The lowest BCUT2D eigenvalue weighted by atomic mass is 9.96. The van der Waals surface area contributed by atoms with Crippen LogP contribution in [-0.2, 0) is 4.79 Å². The Morgan fingerprint density at radius 3 is 2.35 bits per heavy atom. The zero-order valence-electron chi connectivity index (χ0n) is 16.4. The minimum atomic E-state index is -1.11. The van der Waals surface area contributed by atoms with Gasteiger partial charge in [0.2, 0.25) is 0 Å². The molecule has 152 valence electrons. The molecule has 0 aliphatic heterocycles. The summed E-state index contributed by atoms with van der Waals surface area (Å²) in [4.78, 5) is 23.9. The first-order chi connectivity index (χ1) is 15.0. The SMILES string of the molecule is O=C(O)/C=C/c1ccc(F)c(NC(=O)c2cc(-c3ccccc3)cc3ccccc23)c1. The van der Waals surface area contributed by atoms with E-state index in [9.17, 15) is 14.0 Å². The first-order valence-corrected chi connectivity index (χ1v) is 9.61. The summed E-state index contributed by atoms with van der Waals surface area (Å²) in [6.07, 6.45) is 2.29. The highest BCUT2D eigenvalue weighted by Crippen LogP contribution is 2.29. The Hall–Kier alpha value is -4.25. The molecule has 0 spiro atoms. The fraction of sp³-hybridized carbons (Fsp3) is 0. The second kappa shape index (κ2) is 8.63. The highest BCUT2D eigenvalue weighted by Gasteiger charge is 2.15. The van der Waals surface area contributed by atoms with E-state index in [1.165, 1.54) is 24.3 Å². The molecule has 0 aliphatic rings. The number of carbonyl (C=O) groups is 2. The van der Waals surface area contributed by atoms with E-state index in [0.29, 0.717) is 11.1 Å². The van der Waals surface area contributed by atoms with Gasteiger partial charge in [-0.05, 0) is 57.8 Å². The van der Waals surface area contributed by atoms with E-state index in [0.717, 1.165) is 28.0 Å². The van der Waals surface area contributed by atoms with Gasteiger partial charge in [0.25, 0.3) is 5.91 Å². The van der Waals surface area contributed by atoms with Gasteiger partial charge in [0.05, 0.1) is 5.69 Å². The number of carbonyl (C=O) groups excluding carboxylic acids is 1. The average Bonchev–Trinajstić information content (AvgIpc) is 2.79. The maximum atomic E-state index is 14.3. The minimum Gasteiger partial charge on any atom is -0.478 e. The van der Waals surface area contributed by atoms with Gasteiger partial charge in [-0.2, -0.15) is 0 Å². The molecule has 4 aromatic rings. The minimum absolute atomic E-state index is 0.0215. The van der Waals surface area contributed by atoms with Crippen LogP contribution >= 0.6 is 0 Å². The van der Waals surface area contributed by atoms with Crippen molar-refractivity contribution in [1.29, 1.82) is 0 Å². The van der Waals surface area contributed by atoms with Crippen molar-refractivity contribution >= 4 is 34.4 Å². The molecule has 0 aliphatic carbocycles. The van der Waals surface area contributed by atoms with Crippen molar-refractivity contribution in [1.82, 2.24) is 0 Å². The average molecular weight is 411 g/mol. The quantitative estimate of drug-likeness (QED) is 0.396. The van der Waals surface area contributed by atoms with E-state index in [2.05, 4.69) is 5.32 Å². The van der Waals surface area contributed by atoms with Gasteiger partial charge in [-0.15, -0.1) is 0 Å². The molecule has 0 saturated heterocycles. The van der Waals surface area contributed by atoms with E-state index < -0.39 is 17.7 Å². The second-order valence-electron chi connectivity index (χ2n) is 6.98. The third-order valence-corrected chi connectivity index (χ3v) is 4.87. The van der Waals surface area contributed by atoms with Gasteiger partial charge in [0.1, 0.15) is 5.82 Å². The van der Waals surface area contributed by atoms with E-state index in [1.807, 2.05) is 60.7 Å². The third-order valence-electron chi connectivity index (χ3n) is 4.87. The summed E-state index contributed by atoms with van der Waals surface area (Å²) < 4.78 is 14.3. The molecule has 4 nitrogen and oxygen atoms in total. The zero-order valence-corrected chi connectivity index (χ0v) is 16.4. The van der Waals surface area contributed by atoms with Crippen molar-refractivity contribution in [3.05, 3.63) is 108 Å². The summed E-state index contributed by atoms with van der Waals surface area (Å²) >= 11 is 0. The summed E-state index contributed by atoms with van der Waals surface area (Å²) in [6, 6.07) is 25.1. The fourth-order valence-electron chi connectivity index (χ4n) is 3.40. The topological polar surface area (TPSA) is 66.4 Å². The summed E-state index contributed by atoms with van der Waals surface area (Å²) in [5.41, 5.74) is 2.70. The van der Waals surface area contributed by atoms with Crippen LogP contribution in [0.25, 0.3) is 28.0 Å². The summed E-state index contributed by atoms with van der Waals surface area (Å²) in [7, 11) is 0. The number of aliphatic carboxylic acids is 1. The monoisotopic (exact) mass is 411 g/mol. The van der Waals surface area contributed by atoms with Crippen molar-refractivity contribution in [3.63, 3.8) is 0 Å². The Balaban J connectivity index is 1.74. The molecule has 0 heterocycles. The van der Waals surface area contributed by atoms with E-state index in [1.54, 1.807) is 6.07 Å². The largest absolute Gasteiger partial charge is 0.478 e. The van der Waals surface area contributed by atoms with Gasteiger partial charge in [0.15, 0.2) is 0 Å². The molecular weight excluding hydrogens is 393 g/mol. The van der Waals surface area contributed by atoms with Crippen LogP contribution in [0.1, 0.15) is 15.9 Å². The fourth-order valence-corrected chi connectivity index (χ4v) is 3.40. The summed E-state index contributed by atoms with van der Waals surface area (Å²) in [5.74, 6) is -2.17. The van der Waals surface area contributed by atoms with Crippen LogP contribution in [0.5, 0.6) is 0 Å². The smallest absolute Gasteiger partial charge is 0.328 e. The number of amides is 1. The number of rotatable bonds is 5. The van der Waals surface area contributed by atoms with Gasteiger partial charge in [-0.3, -0.25) is 4.79 Å². The summed E-state index contributed by atoms with van der Waals surface area (Å²) in [5, 5.41) is 13.1. The van der Waals surface area contributed by atoms with Crippen molar-refractivity contribution < 1.29 is 19.1 Å². The number of nitrogens with one attached hydrogen (secondary N) is 1. The predicted octanol–water partition coefficient (Wildman–Crippen LogP) is 6.00. The molecule has 0 radical (unpaired) electrons. The van der Waals surface area contributed by atoms with Crippen molar-refractivity contribution in [2.45, 2.75) is 0 Å². The number of halogens is 1. The molecule has 4 aromatic carbocycles. The third kappa shape index (κ3) is 4.51. The standard InChI is InChI=1S/C26H18FNO3/c27-23-12-10-17(11-13-25(29)30)14-24(23)28-26(31)22-16-20(18-6-2-1-3-7-18)15-19-8-4-5-9-21(19)22/h1-16H,(H,28,31)(H,29,30)/b13-11+. The van der Waals surface area contributed by atoms with E-state index in [4.69, 9.17) is 5.11 Å². The summed E-state index contributed by atoms with van der Waals surface area (Å²) in [6.45, 7) is 0. The van der Waals surface area contributed by atoms with Crippen LogP contribution < -0.4 is 5.32 Å². The first-order valence-electron chi connectivity index (χ1n) is 9.61. The Kier molecular flexibility index (Phi) is 5.58. The normalized spacial score (nSPS) is 11.0. The van der Waals surface area contributed by atoms with Crippen LogP contribution in [0.2, 0.25) is 0 Å². The molecule has 4 rings (SSSR count). The molecule has 5 heteroatoms. The second-order valence-corrected chi connectivity index (χ2v) is 6.98. The Morgan fingerprint density at radius 2 is 1.58 bits per heavy atom. The van der Waals surface area contributed by atoms with E-state index in [-0.39, 0.29) is 5.69 Å². The van der Waals surface area contributed by atoms with Crippen LogP contribution in [0.3, 0.4) is 0 Å². The highest BCUT2D eigenvalue weighted by atomic mass is 19.1.